The number of hydrogen-bond donors (Lipinski definition) is 1. The van der Waals surface area contributed by atoms with Gasteiger partial charge in [-0.3, -0.25) is 0 Å². The molecule has 0 radical (unpaired) electrons. The molecule has 1 N–H and O–H groups in total. The molecule has 1 fully saturated rings. The Hall–Kier alpha value is -2.83. The third kappa shape index (κ3) is 3.29. The number of esters is 1. The molecule has 0 unspecified atom stereocenters. The van der Waals surface area contributed by atoms with E-state index in [1.807, 2.05) is 31.2 Å². The highest BCUT2D eigenvalue weighted by atomic mass is 16.5. The Morgan fingerprint density at radius 1 is 1.22 bits per heavy atom. The van der Waals surface area contributed by atoms with Crippen molar-refractivity contribution in [1.29, 1.82) is 0 Å². The summed E-state index contributed by atoms with van der Waals surface area (Å²) in [6.07, 6.45) is 6.76. The van der Waals surface area contributed by atoms with Gasteiger partial charge in [-0.1, -0.05) is 24.6 Å². The summed E-state index contributed by atoms with van der Waals surface area (Å²) >= 11 is 0. The van der Waals surface area contributed by atoms with Crippen molar-refractivity contribution in [1.82, 2.24) is 14.8 Å². The van der Waals surface area contributed by atoms with Crippen LogP contribution in [0.2, 0.25) is 0 Å². The number of carbonyl (C=O) groups excluding carboxylic acids is 1. The summed E-state index contributed by atoms with van der Waals surface area (Å²) in [5, 5.41) is 7.52. The lowest BCUT2D eigenvalue weighted by Crippen LogP contribution is -2.32. The van der Waals surface area contributed by atoms with Gasteiger partial charge in [0.2, 0.25) is 5.95 Å². The van der Waals surface area contributed by atoms with Crippen LogP contribution in [0.15, 0.2) is 41.9 Å². The number of methoxy groups -OCH3 is 1. The van der Waals surface area contributed by atoms with Gasteiger partial charge in [0.25, 0.3) is 0 Å². The molecule has 0 amide bonds. The summed E-state index contributed by atoms with van der Waals surface area (Å²) in [5.41, 5.74) is 2.12. The van der Waals surface area contributed by atoms with Crippen molar-refractivity contribution < 1.29 is 14.3 Å². The maximum absolute atomic E-state index is 13.2. The normalized spacial score (nSPS) is 20.0. The Labute approximate surface area is 158 Å². The average Bonchev–Trinajstić information content (AvgIpc) is 3.15. The molecule has 7 nitrogen and oxygen atoms in total. The van der Waals surface area contributed by atoms with Gasteiger partial charge in [0.1, 0.15) is 24.2 Å². The molecule has 2 aromatic rings. The first-order chi connectivity index (χ1) is 13.2. The predicted octanol–water partition coefficient (Wildman–Crippen LogP) is 3.45. The zero-order valence-electron chi connectivity index (χ0n) is 15.6. The third-order valence-electron chi connectivity index (χ3n) is 5.27. The number of hydrogen-bond acceptors (Lipinski definition) is 6. The minimum atomic E-state index is -0.448. The Morgan fingerprint density at radius 3 is 2.78 bits per heavy atom. The molecule has 142 valence electrons. The standard InChI is InChI=1S/C20H24N4O3/c1-13-17(19(25)27-14-8-4-3-5-9-14)18(24-20(23-13)21-12-22-24)15-10-6-7-11-16(15)26-2/h6-7,10-12,14,18H,3-5,8-9H2,1-2H3,(H,21,22,23)/t18-/m0/s1. The van der Waals surface area contributed by atoms with Gasteiger partial charge in [-0.05, 0) is 38.7 Å². The number of carbonyl (C=O) groups is 1. The van der Waals surface area contributed by atoms with Gasteiger partial charge in [-0.2, -0.15) is 10.1 Å². The molecule has 7 heteroatoms. The molecule has 1 saturated carbocycles. The zero-order valence-corrected chi connectivity index (χ0v) is 15.6. The van der Waals surface area contributed by atoms with Crippen LogP contribution < -0.4 is 10.1 Å². The third-order valence-corrected chi connectivity index (χ3v) is 5.27. The molecule has 1 aliphatic heterocycles. The maximum Gasteiger partial charge on any atom is 0.338 e. The van der Waals surface area contributed by atoms with Crippen LogP contribution in [0, 0.1) is 0 Å². The average molecular weight is 368 g/mol. The Bertz CT molecular complexity index is 868. The van der Waals surface area contributed by atoms with Crippen LogP contribution in [0.1, 0.15) is 50.6 Å². The van der Waals surface area contributed by atoms with E-state index in [1.54, 1.807) is 11.8 Å². The van der Waals surface area contributed by atoms with E-state index in [4.69, 9.17) is 9.47 Å². The second kappa shape index (κ2) is 7.42. The molecule has 2 aliphatic rings. The van der Waals surface area contributed by atoms with E-state index in [2.05, 4.69) is 15.4 Å². The molecular formula is C20H24N4O3. The predicted molar refractivity (Wildman–Crippen MR) is 100 cm³/mol. The summed E-state index contributed by atoms with van der Waals surface area (Å²) in [5.74, 6) is 0.989. The van der Waals surface area contributed by atoms with Crippen molar-refractivity contribution in [3.05, 3.63) is 47.4 Å². The summed E-state index contributed by atoms with van der Waals surface area (Å²) in [6, 6.07) is 7.21. The van der Waals surface area contributed by atoms with E-state index in [0.717, 1.165) is 36.9 Å². The van der Waals surface area contributed by atoms with E-state index in [1.165, 1.54) is 12.7 Å². The lowest BCUT2D eigenvalue weighted by atomic mass is 9.94. The van der Waals surface area contributed by atoms with Crippen molar-refractivity contribution in [2.45, 2.75) is 51.2 Å². The summed E-state index contributed by atoms with van der Waals surface area (Å²) < 4.78 is 13.1. The smallest absolute Gasteiger partial charge is 0.338 e. The number of ether oxygens (including phenoxy) is 2. The van der Waals surface area contributed by atoms with Gasteiger partial charge in [0.05, 0.1) is 12.7 Å². The first-order valence-electron chi connectivity index (χ1n) is 9.40. The number of nitrogens with one attached hydrogen (secondary N) is 1. The second-order valence-electron chi connectivity index (χ2n) is 7.00. The van der Waals surface area contributed by atoms with Crippen molar-refractivity contribution in [3.8, 4) is 5.75 Å². The topological polar surface area (TPSA) is 78.3 Å². The summed E-state index contributed by atoms with van der Waals surface area (Å²) in [7, 11) is 1.62. The number of allylic oxidation sites excluding steroid dienone is 1. The summed E-state index contributed by atoms with van der Waals surface area (Å²) in [6.45, 7) is 1.87. The minimum absolute atomic E-state index is 0.0120. The van der Waals surface area contributed by atoms with Gasteiger partial charge >= 0.3 is 5.97 Å². The molecule has 0 bridgehead atoms. The van der Waals surface area contributed by atoms with Gasteiger partial charge in [-0.25, -0.2) is 9.48 Å². The van der Waals surface area contributed by atoms with Crippen molar-refractivity contribution >= 4 is 11.9 Å². The SMILES string of the molecule is COc1ccccc1[C@H]1C(C(=O)OC2CCCCC2)=C(C)Nc2ncnn21. The van der Waals surface area contributed by atoms with Crippen LogP contribution in [0.5, 0.6) is 5.75 Å². The van der Waals surface area contributed by atoms with E-state index in [9.17, 15) is 4.79 Å². The second-order valence-corrected chi connectivity index (χ2v) is 7.00. The molecule has 1 aromatic carbocycles. The number of para-hydroxylation sites is 1. The minimum Gasteiger partial charge on any atom is -0.496 e. The number of nitrogens with zero attached hydrogens (tertiary/aromatic N) is 3. The Kier molecular flexibility index (Phi) is 4.83. The highest BCUT2D eigenvalue weighted by Crippen LogP contribution is 2.39. The fraction of sp³-hybridized carbons (Fsp3) is 0.450. The van der Waals surface area contributed by atoms with E-state index in [-0.39, 0.29) is 12.1 Å². The van der Waals surface area contributed by atoms with Gasteiger partial charge in [0.15, 0.2) is 0 Å². The number of rotatable bonds is 4. The first-order valence-corrected chi connectivity index (χ1v) is 9.40. The van der Waals surface area contributed by atoms with Crippen LogP contribution in [0.3, 0.4) is 0 Å². The number of anilines is 1. The summed E-state index contributed by atoms with van der Waals surface area (Å²) in [4.78, 5) is 17.4. The lowest BCUT2D eigenvalue weighted by molar-refractivity contribution is -0.146. The zero-order chi connectivity index (χ0) is 18.8. The van der Waals surface area contributed by atoms with E-state index >= 15 is 0 Å². The van der Waals surface area contributed by atoms with Crippen molar-refractivity contribution in [2.24, 2.45) is 0 Å². The molecule has 27 heavy (non-hydrogen) atoms. The highest BCUT2D eigenvalue weighted by molar-refractivity contribution is 5.92. The van der Waals surface area contributed by atoms with Crippen LogP contribution in [-0.4, -0.2) is 33.9 Å². The van der Waals surface area contributed by atoms with Crippen LogP contribution >= 0.6 is 0 Å². The lowest BCUT2D eigenvalue weighted by Gasteiger charge is -2.30. The molecule has 0 spiro atoms. The maximum atomic E-state index is 13.2. The molecular weight excluding hydrogens is 344 g/mol. The Balaban J connectivity index is 1.74. The van der Waals surface area contributed by atoms with Crippen LogP contribution in [-0.2, 0) is 9.53 Å². The van der Waals surface area contributed by atoms with Crippen LogP contribution in [0.25, 0.3) is 0 Å². The fourth-order valence-corrected chi connectivity index (χ4v) is 3.93. The molecule has 1 aliphatic carbocycles. The fourth-order valence-electron chi connectivity index (χ4n) is 3.93. The quantitative estimate of drug-likeness (QED) is 0.833. The Morgan fingerprint density at radius 2 is 2.00 bits per heavy atom. The number of fused-ring (bicyclic) bond motifs is 1. The molecule has 1 atom stereocenters. The molecule has 4 rings (SSSR count). The van der Waals surface area contributed by atoms with Gasteiger partial charge in [0, 0.05) is 11.3 Å². The van der Waals surface area contributed by atoms with Crippen molar-refractivity contribution in [2.75, 3.05) is 12.4 Å². The van der Waals surface area contributed by atoms with Crippen LogP contribution in [0.4, 0.5) is 5.95 Å². The molecule has 2 heterocycles. The van der Waals surface area contributed by atoms with E-state index < -0.39 is 6.04 Å². The molecule has 0 saturated heterocycles. The van der Waals surface area contributed by atoms with E-state index in [0.29, 0.717) is 17.3 Å². The van der Waals surface area contributed by atoms with Crippen molar-refractivity contribution in [3.63, 3.8) is 0 Å². The number of benzene rings is 1. The first kappa shape index (κ1) is 17.6. The van der Waals surface area contributed by atoms with Gasteiger partial charge < -0.3 is 14.8 Å². The van der Waals surface area contributed by atoms with Gasteiger partial charge in [-0.15, -0.1) is 0 Å². The largest absolute Gasteiger partial charge is 0.496 e. The highest BCUT2D eigenvalue weighted by Gasteiger charge is 2.36. The molecule has 1 aromatic heterocycles. The number of aromatic nitrogens is 3. The monoisotopic (exact) mass is 368 g/mol.